The molecule has 1 aromatic rings. The molecule has 0 bridgehead atoms. The molecule has 1 saturated heterocycles. The summed E-state index contributed by atoms with van der Waals surface area (Å²) in [6.45, 7) is 1.55. The second-order valence-electron chi connectivity index (χ2n) is 5.34. The summed E-state index contributed by atoms with van der Waals surface area (Å²) >= 11 is 0. The number of para-hydroxylation sites is 1. The van der Waals surface area contributed by atoms with E-state index < -0.39 is 0 Å². The fourth-order valence-corrected chi connectivity index (χ4v) is 2.90. The minimum absolute atomic E-state index is 0.188. The SMILES string of the molecule is O=C(CCC1CCCCO1)c1cccc2c1OCC2. The predicted octanol–water partition coefficient (Wildman–Crippen LogP) is 3.15. The van der Waals surface area contributed by atoms with E-state index in [1.54, 1.807) is 0 Å². The highest BCUT2D eigenvalue weighted by Gasteiger charge is 2.21. The van der Waals surface area contributed by atoms with Crippen LogP contribution in [0.1, 0.15) is 48.0 Å². The summed E-state index contributed by atoms with van der Waals surface area (Å²) in [7, 11) is 0. The monoisotopic (exact) mass is 260 g/mol. The molecule has 3 heteroatoms. The van der Waals surface area contributed by atoms with Crippen LogP contribution in [0, 0.1) is 0 Å². The zero-order valence-corrected chi connectivity index (χ0v) is 11.2. The maximum Gasteiger partial charge on any atom is 0.166 e. The van der Waals surface area contributed by atoms with E-state index >= 15 is 0 Å². The zero-order chi connectivity index (χ0) is 13.1. The van der Waals surface area contributed by atoms with Gasteiger partial charge < -0.3 is 9.47 Å². The number of hydrogen-bond donors (Lipinski definition) is 0. The number of ketones is 1. The maximum atomic E-state index is 12.3. The first kappa shape index (κ1) is 12.7. The summed E-state index contributed by atoms with van der Waals surface area (Å²) in [5.41, 5.74) is 1.92. The maximum absolute atomic E-state index is 12.3. The predicted molar refractivity (Wildman–Crippen MR) is 72.8 cm³/mol. The largest absolute Gasteiger partial charge is 0.492 e. The topological polar surface area (TPSA) is 35.5 Å². The van der Waals surface area contributed by atoms with Crippen molar-refractivity contribution in [3.05, 3.63) is 29.3 Å². The van der Waals surface area contributed by atoms with E-state index in [1.165, 1.54) is 12.0 Å². The van der Waals surface area contributed by atoms with Crippen LogP contribution in [-0.2, 0) is 11.2 Å². The fourth-order valence-electron chi connectivity index (χ4n) is 2.90. The third kappa shape index (κ3) is 2.81. The van der Waals surface area contributed by atoms with Crippen LogP contribution >= 0.6 is 0 Å². The Morgan fingerprint density at radius 3 is 3.05 bits per heavy atom. The molecule has 0 radical (unpaired) electrons. The van der Waals surface area contributed by atoms with Gasteiger partial charge in [0, 0.05) is 19.4 Å². The molecule has 102 valence electrons. The molecule has 3 rings (SSSR count). The van der Waals surface area contributed by atoms with Gasteiger partial charge in [0.1, 0.15) is 5.75 Å². The summed E-state index contributed by atoms with van der Waals surface area (Å²) in [5.74, 6) is 1.00. The highest BCUT2D eigenvalue weighted by atomic mass is 16.5. The lowest BCUT2D eigenvalue weighted by Gasteiger charge is -2.22. The molecular formula is C16H20O3. The molecule has 3 nitrogen and oxygen atoms in total. The highest BCUT2D eigenvalue weighted by molar-refractivity contribution is 5.99. The average Bonchev–Trinajstić information content (AvgIpc) is 2.94. The van der Waals surface area contributed by atoms with Crippen molar-refractivity contribution < 1.29 is 14.3 Å². The smallest absolute Gasteiger partial charge is 0.166 e. The summed E-state index contributed by atoms with van der Waals surface area (Å²) in [5, 5.41) is 0. The molecule has 1 aromatic carbocycles. The van der Waals surface area contributed by atoms with Gasteiger partial charge in [0.2, 0.25) is 0 Å². The number of rotatable bonds is 4. The van der Waals surface area contributed by atoms with Crippen molar-refractivity contribution in [3.63, 3.8) is 0 Å². The summed E-state index contributed by atoms with van der Waals surface area (Å²) in [6, 6.07) is 5.88. The van der Waals surface area contributed by atoms with Crippen LogP contribution in [-0.4, -0.2) is 25.1 Å². The first-order valence-corrected chi connectivity index (χ1v) is 7.24. The molecule has 2 heterocycles. The van der Waals surface area contributed by atoms with E-state index in [9.17, 15) is 4.79 Å². The van der Waals surface area contributed by atoms with E-state index in [4.69, 9.17) is 9.47 Å². The molecule has 1 fully saturated rings. The second kappa shape index (κ2) is 5.74. The molecule has 2 aliphatic rings. The fraction of sp³-hybridized carbons (Fsp3) is 0.562. The van der Waals surface area contributed by atoms with Crippen LogP contribution in [0.3, 0.4) is 0 Å². The molecule has 0 aliphatic carbocycles. The quantitative estimate of drug-likeness (QED) is 0.780. The van der Waals surface area contributed by atoms with Gasteiger partial charge in [0.25, 0.3) is 0 Å². The van der Waals surface area contributed by atoms with Crippen molar-refractivity contribution in [1.29, 1.82) is 0 Å². The lowest BCUT2D eigenvalue weighted by molar-refractivity contribution is 0.0104. The van der Waals surface area contributed by atoms with Crippen molar-refractivity contribution in [2.24, 2.45) is 0 Å². The third-order valence-corrected chi connectivity index (χ3v) is 3.98. The molecule has 2 aliphatic heterocycles. The Hall–Kier alpha value is -1.35. The minimum atomic E-state index is 0.188. The lowest BCUT2D eigenvalue weighted by atomic mass is 9.98. The normalized spacial score (nSPS) is 21.8. The van der Waals surface area contributed by atoms with Gasteiger partial charge >= 0.3 is 0 Å². The van der Waals surface area contributed by atoms with Gasteiger partial charge in [-0.25, -0.2) is 0 Å². The van der Waals surface area contributed by atoms with Crippen LogP contribution in [0.15, 0.2) is 18.2 Å². The Morgan fingerprint density at radius 2 is 2.21 bits per heavy atom. The first-order valence-electron chi connectivity index (χ1n) is 7.24. The van der Waals surface area contributed by atoms with Gasteiger partial charge in [-0.3, -0.25) is 4.79 Å². The molecule has 1 atom stereocenters. The van der Waals surface area contributed by atoms with Crippen LogP contribution in [0.5, 0.6) is 5.75 Å². The Morgan fingerprint density at radius 1 is 1.26 bits per heavy atom. The molecule has 0 N–H and O–H groups in total. The number of benzene rings is 1. The van der Waals surface area contributed by atoms with E-state index in [0.29, 0.717) is 13.0 Å². The molecule has 0 aromatic heterocycles. The Balaban J connectivity index is 1.62. The van der Waals surface area contributed by atoms with Crippen molar-refractivity contribution in [3.8, 4) is 5.75 Å². The van der Waals surface area contributed by atoms with E-state index in [2.05, 4.69) is 0 Å². The highest BCUT2D eigenvalue weighted by Crippen LogP contribution is 2.30. The van der Waals surface area contributed by atoms with Gasteiger partial charge in [-0.1, -0.05) is 12.1 Å². The summed E-state index contributed by atoms with van der Waals surface area (Å²) in [4.78, 5) is 12.3. The summed E-state index contributed by atoms with van der Waals surface area (Å²) < 4.78 is 11.3. The molecule has 0 saturated carbocycles. The summed E-state index contributed by atoms with van der Waals surface area (Å²) in [6.07, 6.45) is 6.06. The number of hydrogen-bond acceptors (Lipinski definition) is 3. The molecule has 0 spiro atoms. The molecule has 0 amide bonds. The first-order chi connectivity index (χ1) is 9.34. The third-order valence-electron chi connectivity index (χ3n) is 3.98. The van der Waals surface area contributed by atoms with Gasteiger partial charge in [-0.15, -0.1) is 0 Å². The van der Waals surface area contributed by atoms with Crippen molar-refractivity contribution in [1.82, 2.24) is 0 Å². The van der Waals surface area contributed by atoms with Gasteiger partial charge in [0.05, 0.1) is 18.3 Å². The molecule has 1 unspecified atom stereocenters. The molecular weight excluding hydrogens is 240 g/mol. The number of carbonyl (C=O) groups is 1. The van der Waals surface area contributed by atoms with Crippen LogP contribution < -0.4 is 4.74 Å². The van der Waals surface area contributed by atoms with E-state index in [1.807, 2.05) is 18.2 Å². The van der Waals surface area contributed by atoms with E-state index in [-0.39, 0.29) is 11.9 Å². The van der Waals surface area contributed by atoms with E-state index in [0.717, 1.165) is 43.6 Å². The average molecular weight is 260 g/mol. The van der Waals surface area contributed by atoms with Crippen molar-refractivity contribution in [2.45, 2.75) is 44.6 Å². The Bertz CT molecular complexity index is 461. The van der Waals surface area contributed by atoms with Crippen LogP contribution in [0.25, 0.3) is 0 Å². The number of fused-ring (bicyclic) bond motifs is 1. The van der Waals surface area contributed by atoms with Crippen molar-refractivity contribution >= 4 is 5.78 Å². The van der Waals surface area contributed by atoms with Gasteiger partial charge in [-0.2, -0.15) is 0 Å². The van der Waals surface area contributed by atoms with Gasteiger partial charge in [0.15, 0.2) is 5.78 Å². The number of carbonyl (C=O) groups excluding carboxylic acids is 1. The lowest BCUT2D eigenvalue weighted by Crippen LogP contribution is -2.20. The Labute approximate surface area is 113 Å². The zero-order valence-electron chi connectivity index (χ0n) is 11.2. The van der Waals surface area contributed by atoms with Crippen LogP contribution in [0.2, 0.25) is 0 Å². The van der Waals surface area contributed by atoms with Gasteiger partial charge in [-0.05, 0) is 37.3 Å². The number of Topliss-reactive ketones (excluding diaryl/α,β-unsaturated/α-hetero) is 1. The minimum Gasteiger partial charge on any atom is -0.492 e. The van der Waals surface area contributed by atoms with Crippen LogP contribution in [0.4, 0.5) is 0 Å². The number of ether oxygens (including phenoxy) is 2. The molecule has 19 heavy (non-hydrogen) atoms. The Kier molecular flexibility index (Phi) is 3.83. The standard InChI is InChI=1S/C16H20O3/c17-15(8-7-13-5-1-2-10-18-13)14-6-3-4-12-9-11-19-16(12)14/h3-4,6,13H,1-2,5,7-11H2. The second-order valence-corrected chi connectivity index (χ2v) is 5.34. The van der Waals surface area contributed by atoms with Crippen molar-refractivity contribution in [2.75, 3.05) is 13.2 Å².